The highest BCUT2D eigenvalue weighted by Crippen LogP contribution is 2.23. The average molecular weight is 471 g/mol. The lowest BCUT2D eigenvalue weighted by molar-refractivity contribution is -0.137. The number of hydrogen-bond acceptors (Lipinski definition) is 4. The van der Waals surface area contributed by atoms with Gasteiger partial charge in [-0.3, -0.25) is 9.69 Å². The van der Waals surface area contributed by atoms with Crippen molar-refractivity contribution in [3.05, 3.63) is 89.1 Å². The summed E-state index contributed by atoms with van der Waals surface area (Å²) in [6, 6.07) is 16.2. The summed E-state index contributed by atoms with van der Waals surface area (Å²) in [5.41, 5.74) is 4.74. The smallest absolute Gasteiger partial charge is 0.304 e. The van der Waals surface area contributed by atoms with Gasteiger partial charge < -0.3 is 14.7 Å². The highest BCUT2D eigenvalue weighted by molar-refractivity contribution is 5.69. The molecule has 0 aromatic heterocycles. The standard InChI is InChI=1S/C30H34N2O3/c1-2-6-27(21-30(33)34)26-13-15-29(16-14-26)35-23-25-11-9-24(10-12-25)22-31-17-19-32(20-18-31)28-7-4-3-5-8-28/h4,7-16,27H,3,5,17-23H2,1H3,(H,33,34). The molecule has 2 aromatic rings. The molecular formula is C30H34N2O3. The molecular weight excluding hydrogens is 436 g/mol. The Bertz CT molecular complexity index is 1100. The maximum Gasteiger partial charge on any atom is 0.304 e. The summed E-state index contributed by atoms with van der Waals surface area (Å²) in [7, 11) is 0. The second-order valence-electron chi connectivity index (χ2n) is 9.09. The van der Waals surface area contributed by atoms with E-state index < -0.39 is 5.97 Å². The van der Waals surface area contributed by atoms with Crippen molar-refractivity contribution in [1.29, 1.82) is 0 Å². The van der Waals surface area contributed by atoms with Gasteiger partial charge in [0, 0.05) is 38.4 Å². The van der Waals surface area contributed by atoms with E-state index in [1.54, 1.807) is 6.92 Å². The lowest BCUT2D eigenvalue weighted by atomic mass is 9.96. The molecule has 35 heavy (non-hydrogen) atoms. The molecule has 1 atom stereocenters. The normalized spacial score (nSPS) is 16.7. The van der Waals surface area contributed by atoms with E-state index in [9.17, 15) is 4.79 Å². The number of aliphatic carboxylic acids is 1. The summed E-state index contributed by atoms with van der Waals surface area (Å²) in [5.74, 6) is 5.41. The topological polar surface area (TPSA) is 53.0 Å². The molecule has 1 N–H and O–H groups in total. The van der Waals surface area contributed by atoms with Crippen LogP contribution in [0, 0.1) is 11.8 Å². The third kappa shape index (κ3) is 7.24. The van der Waals surface area contributed by atoms with Crippen molar-refractivity contribution in [2.24, 2.45) is 0 Å². The molecule has 182 valence electrons. The first-order valence-electron chi connectivity index (χ1n) is 12.4. The molecule has 0 bridgehead atoms. The first kappa shape index (κ1) is 24.6. The van der Waals surface area contributed by atoms with Crippen LogP contribution in [-0.4, -0.2) is 47.1 Å². The van der Waals surface area contributed by atoms with Gasteiger partial charge >= 0.3 is 5.97 Å². The summed E-state index contributed by atoms with van der Waals surface area (Å²) < 4.78 is 5.95. The quantitative estimate of drug-likeness (QED) is 0.511. The SMILES string of the molecule is CC#CC(CC(=O)O)c1ccc(OCc2ccc(CN3CCN(C4=CCCC=C4)CC3)cc2)cc1. The average Bonchev–Trinajstić information content (AvgIpc) is 2.89. The molecule has 1 aliphatic carbocycles. The third-order valence-electron chi connectivity index (χ3n) is 6.53. The summed E-state index contributed by atoms with van der Waals surface area (Å²) in [6.07, 6.45) is 9.24. The maximum absolute atomic E-state index is 11.1. The number of carbonyl (C=O) groups is 1. The van der Waals surface area contributed by atoms with Gasteiger partial charge in [-0.25, -0.2) is 0 Å². The molecule has 0 radical (unpaired) electrons. The highest BCUT2D eigenvalue weighted by Gasteiger charge is 2.18. The first-order valence-corrected chi connectivity index (χ1v) is 12.4. The van der Waals surface area contributed by atoms with Gasteiger partial charge in [-0.2, -0.15) is 0 Å². The monoisotopic (exact) mass is 470 g/mol. The highest BCUT2D eigenvalue weighted by atomic mass is 16.5. The van der Waals surface area contributed by atoms with E-state index in [1.807, 2.05) is 24.3 Å². The number of carboxylic acid groups (broad SMARTS) is 1. The van der Waals surface area contributed by atoms with Gasteiger partial charge in [0.2, 0.25) is 0 Å². The van der Waals surface area contributed by atoms with Crippen molar-refractivity contribution in [1.82, 2.24) is 9.80 Å². The summed E-state index contributed by atoms with van der Waals surface area (Å²) in [4.78, 5) is 16.1. The Kier molecular flexibility index (Phi) is 8.64. The Morgan fingerprint density at radius 3 is 2.34 bits per heavy atom. The van der Waals surface area contributed by atoms with Crippen LogP contribution in [0.3, 0.4) is 0 Å². The van der Waals surface area contributed by atoms with Gasteiger partial charge in [-0.1, -0.05) is 54.5 Å². The lowest BCUT2D eigenvalue weighted by Gasteiger charge is -2.37. The number of carboxylic acids is 1. The molecule has 0 saturated carbocycles. The van der Waals surface area contributed by atoms with E-state index in [1.165, 1.54) is 17.7 Å². The van der Waals surface area contributed by atoms with Crippen LogP contribution < -0.4 is 4.74 Å². The Hall–Kier alpha value is -3.49. The molecule has 1 saturated heterocycles. The van der Waals surface area contributed by atoms with Gasteiger partial charge in [0.1, 0.15) is 12.4 Å². The number of nitrogens with zero attached hydrogens (tertiary/aromatic N) is 2. The largest absolute Gasteiger partial charge is 0.489 e. The van der Waals surface area contributed by atoms with Gasteiger partial charge in [-0.15, -0.1) is 5.92 Å². The number of piperazine rings is 1. The minimum Gasteiger partial charge on any atom is -0.489 e. The summed E-state index contributed by atoms with van der Waals surface area (Å²) in [6.45, 7) is 7.54. The van der Waals surface area contributed by atoms with Gasteiger partial charge in [-0.05, 0) is 54.7 Å². The molecule has 2 aliphatic rings. The Morgan fingerprint density at radius 2 is 1.71 bits per heavy atom. The molecule has 5 nitrogen and oxygen atoms in total. The zero-order valence-electron chi connectivity index (χ0n) is 20.5. The van der Waals surface area contributed by atoms with Gasteiger partial charge in [0.15, 0.2) is 0 Å². The van der Waals surface area contributed by atoms with E-state index >= 15 is 0 Å². The lowest BCUT2D eigenvalue weighted by Crippen LogP contribution is -2.45. The fourth-order valence-corrected chi connectivity index (χ4v) is 4.56. The van der Waals surface area contributed by atoms with E-state index in [2.05, 4.69) is 64.1 Å². The van der Waals surface area contributed by atoms with E-state index in [0.29, 0.717) is 6.61 Å². The molecule has 1 unspecified atom stereocenters. The predicted octanol–water partition coefficient (Wildman–Crippen LogP) is 5.20. The van der Waals surface area contributed by atoms with E-state index in [0.717, 1.165) is 56.0 Å². The number of allylic oxidation sites excluding steroid dienone is 3. The third-order valence-corrected chi connectivity index (χ3v) is 6.53. The summed E-state index contributed by atoms with van der Waals surface area (Å²) >= 11 is 0. The second kappa shape index (κ2) is 12.3. The molecule has 5 heteroatoms. The minimum absolute atomic E-state index is 0.00148. The van der Waals surface area contributed by atoms with Crippen molar-refractivity contribution in [2.75, 3.05) is 26.2 Å². The van der Waals surface area contributed by atoms with Crippen LogP contribution in [0.2, 0.25) is 0 Å². The van der Waals surface area contributed by atoms with Crippen LogP contribution in [-0.2, 0) is 17.9 Å². The first-order chi connectivity index (χ1) is 17.1. The van der Waals surface area contributed by atoms with Crippen molar-refractivity contribution >= 4 is 5.97 Å². The fourth-order valence-electron chi connectivity index (χ4n) is 4.56. The molecule has 1 fully saturated rings. The molecule has 2 aromatic carbocycles. The predicted molar refractivity (Wildman–Crippen MR) is 139 cm³/mol. The maximum atomic E-state index is 11.1. The van der Waals surface area contributed by atoms with Crippen LogP contribution in [0.25, 0.3) is 0 Å². The number of ether oxygens (including phenoxy) is 1. The second-order valence-corrected chi connectivity index (χ2v) is 9.09. The van der Waals surface area contributed by atoms with E-state index in [-0.39, 0.29) is 12.3 Å². The van der Waals surface area contributed by atoms with E-state index in [4.69, 9.17) is 9.84 Å². The zero-order chi connectivity index (χ0) is 24.5. The molecule has 1 aliphatic heterocycles. The Labute approximate surface area is 208 Å². The Morgan fingerprint density at radius 1 is 1.00 bits per heavy atom. The van der Waals surface area contributed by atoms with Crippen molar-refractivity contribution in [3.8, 4) is 17.6 Å². The Balaban J connectivity index is 1.23. The van der Waals surface area contributed by atoms with Crippen molar-refractivity contribution in [2.45, 2.75) is 45.3 Å². The van der Waals surface area contributed by atoms with Crippen molar-refractivity contribution in [3.63, 3.8) is 0 Å². The van der Waals surface area contributed by atoms with Crippen molar-refractivity contribution < 1.29 is 14.6 Å². The number of benzene rings is 2. The molecule has 4 rings (SSSR count). The van der Waals surface area contributed by atoms with Crippen LogP contribution in [0.4, 0.5) is 0 Å². The number of rotatable bonds is 9. The van der Waals surface area contributed by atoms with Gasteiger partial charge in [0.05, 0.1) is 12.3 Å². The molecule has 0 amide bonds. The zero-order valence-corrected chi connectivity index (χ0v) is 20.5. The molecule has 1 heterocycles. The van der Waals surface area contributed by atoms with Crippen LogP contribution in [0.1, 0.15) is 48.8 Å². The van der Waals surface area contributed by atoms with Crippen LogP contribution in [0.15, 0.2) is 72.5 Å². The minimum atomic E-state index is -0.849. The van der Waals surface area contributed by atoms with Gasteiger partial charge in [0.25, 0.3) is 0 Å². The fraction of sp³-hybridized carbons (Fsp3) is 0.367. The number of hydrogen-bond donors (Lipinski definition) is 1. The molecule has 0 spiro atoms. The summed E-state index contributed by atoms with van der Waals surface area (Å²) in [5, 5.41) is 9.11. The van der Waals surface area contributed by atoms with Crippen LogP contribution in [0.5, 0.6) is 5.75 Å². The van der Waals surface area contributed by atoms with Crippen LogP contribution >= 0.6 is 0 Å².